The van der Waals surface area contributed by atoms with Crippen LogP contribution < -0.4 is 5.32 Å². The lowest BCUT2D eigenvalue weighted by atomic mass is 9.71. The summed E-state index contributed by atoms with van der Waals surface area (Å²) in [5, 5.41) is 3.46. The fraction of sp³-hybridized carbons (Fsp3) is 0.0769. The second kappa shape index (κ2) is 7.51. The maximum absolute atomic E-state index is 3.46. The van der Waals surface area contributed by atoms with Crippen molar-refractivity contribution in [3.8, 4) is 0 Å². The molecule has 0 saturated carbocycles. The quantitative estimate of drug-likeness (QED) is 0.391. The van der Waals surface area contributed by atoms with Gasteiger partial charge in [0.2, 0.25) is 0 Å². The molecule has 0 aliphatic rings. The molecule has 0 radical (unpaired) electrons. The van der Waals surface area contributed by atoms with E-state index in [9.17, 15) is 0 Å². The molecule has 0 aliphatic carbocycles. The molecule has 4 aromatic carbocycles. The summed E-state index contributed by atoms with van der Waals surface area (Å²) in [6.07, 6.45) is 0. The van der Waals surface area contributed by atoms with Crippen LogP contribution in [0.3, 0.4) is 0 Å². The number of para-hydroxylation sites is 1. The van der Waals surface area contributed by atoms with Gasteiger partial charge in [-0.3, -0.25) is 0 Å². The number of hydrogen-bond acceptors (Lipinski definition) is 1. The van der Waals surface area contributed by atoms with Crippen molar-refractivity contribution in [1.82, 2.24) is 0 Å². The highest BCUT2D eigenvalue weighted by Gasteiger charge is 2.30. The standard InChI is InChI=1S/C26H23N/c1-26(21-11-5-2-6-12-21,22-13-7-3-8-14-22)23-17-19-25(20-18-23)27-24-15-9-4-10-16-24/h2-20,27H,1H3. The monoisotopic (exact) mass is 349 g/mol. The Balaban J connectivity index is 1.73. The maximum Gasteiger partial charge on any atom is 0.0423 e. The van der Waals surface area contributed by atoms with Crippen LogP contribution in [0.25, 0.3) is 0 Å². The summed E-state index contributed by atoms with van der Waals surface area (Å²) in [6.45, 7) is 2.30. The van der Waals surface area contributed by atoms with Crippen molar-refractivity contribution in [2.24, 2.45) is 0 Å². The fourth-order valence-electron chi connectivity index (χ4n) is 3.62. The molecule has 1 N–H and O–H groups in total. The Morgan fingerprint density at radius 2 is 0.815 bits per heavy atom. The Morgan fingerprint density at radius 1 is 0.444 bits per heavy atom. The van der Waals surface area contributed by atoms with Gasteiger partial charge in [-0.15, -0.1) is 0 Å². The number of rotatable bonds is 5. The van der Waals surface area contributed by atoms with E-state index in [1.54, 1.807) is 0 Å². The van der Waals surface area contributed by atoms with Crippen molar-refractivity contribution in [2.75, 3.05) is 5.32 Å². The van der Waals surface area contributed by atoms with E-state index in [2.05, 4.69) is 109 Å². The fourth-order valence-corrected chi connectivity index (χ4v) is 3.62. The van der Waals surface area contributed by atoms with Gasteiger partial charge in [-0.2, -0.15) is 0 Å². The Labute approximate surface area is 161 Å². The molecule has 0 atom stereocenters. The SMILES string of the molecule is CC(c1ccccc1)(c1ccccc1)c1ccc(Nc2ccccc2)cc1. The van der Waals surface area contributed by atoms with E-state index in [4.69, 9.17) is 0 Å². The van der Waals surface area contributed by atoms with Gasteiger partial charge >= 0.3 is 0 Å². The van der Waals surface area contributed by atoms with Crippen molar-refractivity contribution in [3.05, 3.63) is 132 Å². The van der Waals surface area contributed by atoms with Crippen LogP contribution in [-0.4, -0.2) is 0 Å². The number of nitrogens with one attached hydrogen (secondary N) is 1. The second-order valence-corrected chi connectivity index (χ2v) is 6.93. The van der Waals surface area contributed by atoms with E-state index in [-0.39, 0.29) is 5.41 Å². The summed E-state index contributed by atoms with van der Waals surface area (Å²) in [6, 6.07) is 40.5. The van der Waals surface area contributed by atoms with Crippen molar-refractivity contribution in [1.29, 1.82) is 0 Å². The van der Waals surface area contributed by atoms with Gasteiger partial charge in [0, 0.05) is 16.8 Å². The van der Waals surface area contributed by atoms with Gasteiger partial charge in [0.05, 0.1) is 0 Å². The predicted molar refractivity (Wildman–Crippen MR) is 115 cm³/mol. The van der Waals surface area contributed by atoms with Crippen LogP contribution in [0.1, 0.15) is 23.6 Å². The molecule has 1 nitrogen and oxygen atoms in total. The Morgan fingerprint density at radius 3 is 1.30 bits per heavy atom. The van der Waals surface area contributed by atoms with Crippen LogP contribution in [0.15, 0.2) is 115 Å². The van der Waals surface area contributed by atoms with Crippen LogP contribution in [0.5, 0.6) is 0 Å². The summed E-state index contributed by atoms with van der Waals surface area (Å²) in [4.78, 5) is 0. The summed E-state index contributed by atoms with van der Waals surface area (Å²) in [5.41, 5.74) is 5.85. The third-order valence-electron chi connectivity index (χ3n) is 5.23. The Kier molecular flexibility index (Phi) is 4.76. The smallest absolute Gasteiger partial charge is 0.0423 e. The summed E-state index contributed by atoms with van der Waals surface area (Å²) >= 11 is 0. The average Bonchev–Trinajstić information content (AvgIpc) is 2.76. The first kappa shape index (κ1) is 17.1. The third kappa shape index (κ3) is 3.50. The number of anilines is 2. The van der Waals surface area contributed by atoms with Crippen LogP contribution in [0.2, 0.25) is 0 Å². The molecule has 27 heavy (non-hydrogen) atoms. The van der Waals surface area contributed by atoms with E-state index in [1.165, 1.54) is 16.7 Å². The Hall–Kier alpha value is -3.32. The van der Waals surface area contributed by atoms with E-state index in [0.717, 1.165) is 11.4 Å². The largest absolute Gasteiger partial charge is 0.356 e. The average molecular weight is 349 g/mol. The van der Waals surface area contributed by atoms with E-state index >= 15 is 0 Å². The van der Waals surface area contributed by atoms with Gasteiger partial charge < -0.3 is 5.32 Å². The van der Waals surface area contributed by atoms with E-state index in [1.807, 2.05) is 18.2 Å². The van der Waals surface area contributed by atoms with E-state index < -0.39 is 0 Å². The molecule has 0 bridgehead atoms. The molecule has 0 aliphatic heterocycles. The van der Waals surface area contributed by atoms with E-state index in [0.29, 0.717) is 0 Å². The summed E-state index contributed by atoms with van der Waals surface area (Å²) in [5.74, 6) is 0. The van der Waals surface area contributed by atoms with Crippen LogP contribution >= 0.6 is 0 Å². The first-order valence-electron chi connectivity index (χ1n) is 9.30. The first-order valence-corrected chi connectivity index (χ1v) is 9.30. The molecular formula is C26H23N. The number of benzene rings is 4. The summed E-state index contributed by atoms with van der Waals surface area (Å²) in [7, 11) is 0. The molecular weight excluding hydrogens is 326 g/mol. The highest BCUT2D eigenvalue weighted by molar-refractivity contribution is 5.61. The van der Waals surface area contributed by atoms with Crippen LogP contribution in [0.4, 0.5) is 11.4 Å². The molecule has 0 heterocycles. The van der Waals surface area contributed by atoms with Gasteiger partial charge in [-0.1, -0.05) is 91.0 Å². The second-order valence-electron chi connectivity index (χ2n) is 6.93. The third-order valence-corrected chi connectivity index (χ3v) is 5.23. The maximum atomic E-state index is 3.46. The van der Waals surface area contributed by atoms with Crippen molar-refractivity contribution in [2.45, 2.75) is 12.3 Å². The lowest BCUT2D eigenvalue weighted by Gasteiger charge is -2.32. The highest BCUT2D eigenvalue weighted by atomic mass is 14.9. The lowest BCUT2D eigenvalue weighted by Crippen LogP contribution is -2.25. The first-order chi connectivity index (χ1) is 13.3. The molecule has 1 heteroatoms. The number of hydrogen-bond donors (Lipinski definition) is 1. The predicted octanol–water partition coefficient (Wildman–Crippen LogP) is 6.78. The molecule has 0 amide bonds. The molecule has 132 valence electrons. The zero-order valence-corrected chi connectivity index (χ0v) is 15.5. The zero-order chi connectivity index (χ0) is 18.5. The molecule has 0 fully saturated rings. The van der Waals surface area contributed by atoms with Crippen molar-refractivity contribution < 1.29 is 0 Å². The van der Waals surface area contributed by atoms with Gasteiger partial charge in [0.25, 0.3) is 0 Å². The summed E-state index contributed by atoms with van der Waals surface area (Å²) < 4.78 is 0. The zero-order valence-electron chi connectivity index (χ0n) is 15.5. The molecule has 4 rings (SSSR count). The van der Waals surface area contributed by atoms with Crippen LogP contribution in [-0.2, 0) is 5.41 Å². The topological polar surface area (TPSA) is 12.0 Å². The van der Waals surface area contributed by atoms with Gasteiger partial charge in [0.1, 0.15) is 0 Å². The Bertz CT molecular complexity index is 935. The molecule has 4 aromatic rings. The van der Waals surface area contributed by atoms with Crippen LogP contribution in [0, 0.1) is 0 Å². The lowest BCUT2D eigenvalue weighted by molar-refractivity contribution is 0.693. The van der Waals surface area contributed by atoms with Gasteiger partial charge in [-0.05, 0) is 47.9 Å². The van der Waals surface area contributed by atoms with Gasteiger partial charge in [-0.25, -0.2) is 0 Å². The van der Waals surface area contributed by atoms with Crippen molar-refractivity contribution in [3.63, 3.8) is 0 Å². The molecule has 0 spiro atoms. The molecule has 0 unspecified atom stereocenters. The highest BCUT2D eigenvalue weighted by Crippen LogP contribution is 2.39. The van der Waals surface area contributed by atoms with Crippen molar-refractivity contribution >= 4 is 11.4 Å². The van der Waals surface area contributed by atoms with Gasteiger partial charge in [0.15, 0.2) is 0 Å². The molecule has 0 saturated heterocycles. The molecule has 0 aromatic heterocycles. The normalized spacial score (nSPS) is 11.1. The minimum Gasteiger partial charge on any atom is -0.356 e. The minimum atomic E-state index is -0.201. The minimum absolute atomic E-state index is 0.201.